The van der Waals surface area contributed by atoms with Crippen LogP contribution >= 0.6 is 0 Å². The zero-order valence-electron chi connectivity index (χ0n) is 7.43. The van der Waals surface area contributed by atoms with Gasteiger partial charge in [0, 0.05) is 0 Å². The van der Waals surface area contributed by atoms with Crippen molar-refractivity contribution < 1.29 is 10.2 Å². The van der Waals surface area contributed by atoms with E-state index in [4.69, 9.17) is 10.2 Å². The van der Waals surface area contributed by atoms with E-state index in [1.807, 2.05) is 6.92 Å². The van der Waals surface area contributed by atoms with Crippen molar-refractivity contribution in [1.29, 1.82) is 0 Å². The summed E-state index contributed by atoms with van der Waals surface area (Å²) in [6.45, 7) is 4.85. The second kappa shape index (κ2) is 5.52. The second-order valence-corrected chi connectivity index (χ2v) is 2.88. The fourth-order valence-electron chi connectivity index (χ4n) is 0.901. The van der Waals surface area contributed by atoms with E-state index in [-0.39, 0.29) is 13.2 Å². The minimum Gasteiger partial charge on any atom is -0.394 e. The molecule has 3 heteroatoms. The summed E-state index contributed by atoms with van der Waals surface area (Å²) in [5.41, 5.74) is -0.462. The van der Waals surface area contributed by atoms with Gasteiger partial charge in [0.25, 0.3) is 0 Å². The molecular formula is C8H19NO2. The predicted molar refractivity (Wildman–Crippen MR) is 45.5 cm³/mol. The third-order valence-electron chi connectivity index (χ3n) is 2.03. The van der Waals surface area contributed by atoms with E-state index in [1.54, 1.807) is 0 Å². The SMILES string of the molecule is CCCNC(CC)(CO)CO. The summed E-state index contributed by atoms with van der Waals surface area (Å²) in [7, 11) is 0. The minimum atomic E-state index is -0.462. The molecule has 11 heavy (non-hydrogen) atoms. The van der Waals surface area contributed by atoms with E-state index >= 15 is 0 Å². The molecule has 0 fully saturated rings. The Balaban J connectivity index is 3.84. The second-order valence-electron chi connectivity index (χ2n) is 2.88. The van der Waals surface area contributed by atoms with Gasteiger partial charge in [0.2, 0.25) is 0 Å². The van der Waals surface area contributed by atoms with Crippen LogP contribution in [0.2, 0.25) is 0 Å². The van der Waals surface area contributed by atoms with E-state index in [0.29, 0.717) is 0 Å². The van der Waals surface area contributed by atoms with E-state index < -0.39 is 5.54 Å². The first kappa shape index (κ1) is 10.9. The topological polar surface area (TPSA) is 52.5 Å². The molecular weight excluding hydrogens is 142 g/mol. The van der Waals surface area contributed by atoms with Crippen molar-refractivity contribution in [3.05, 3.63) is 0 Å². The van der Waals surface area contributed by atoms with Gasteiger partial charge in [-0.05, 0) is 19.4 Å². The van der Waals surface area contributed by atoms with Crippen molar-refractivity contribution in [2.45, 2.75) is 32.2 Å². The molecule has 0 amide bonds. The molecule has 0 saturated heterocycles. The predicted octanol–water partition coefficient (Wildman–Crippen LogP) is 0.119. The number of aliphatic hydroxyl groups is 2. The summed E-state index contributed by atoms with van der Waals surface area (Å²) < 4.78 is 0. The molecule has 0 aromatic carbocycles. The third kappa shape index (κ3) is 3.18. The van der Waals surface area contributed by atoms with E-state index in [0.717, 1.165) is 19.4 Å². The van der Waals surface area contributed by atoms with Gasteiger partial charge < -0.3 is 15.5 Å². The first-order chi connectivity index (χ1) is 5.24. The number of nitrogens with one attached hydrogen (secondary N) is 1. The monoisotopic (exact) mass is 161 g/mol. The molecule has 0 aliphatic carbocycles. The average molecular weight is 161 g/mol. The van der Waals surface area contributed by atoms with Crippen molar-refractivity contribution >= 4 is 0 Å². The smallest absolute Gasteiger partial charge is 0.0645 e. The highest BCUT2D eigenvalue weighted by Crippen LogP contribution is 2.07. The van der Waals surface area contributed by atoms with Gasteiger partial charge in [0.1, 0.15) is 0 Å². The van der Waals surface area contributed by atoms with Crippen LogP contribution in [0.5, 0.6) is 0 Å². The summed E-state index contributed by atoms with van der Waals surface area (Å²) in [4.78, 5) is 0. The van der Waals surface area contributed by atoms with Crippen molar-refractivity contribution in [2.75, 3.05) is 19.8 Å². The van der Waals surface area contributed by atoms with Gasteiger partial charge >= 0.3 is 0 Å². The van der Waals surface area contributed by atoms with Gasteiger partial charge in [0.15, 0.2) is 0 Å². The number of hydrogen-bond donors (Lipinski definition) is 3. The Morgan fingerprint density at radius 1 is 1.18 bits per heavy atom. The third-order valence-corrected chi connectivity index (χ3v) is 2.03. The molecule has 0 aliphatic heterocycles. The molecule has 68 valence electrons. The first-order valence-corrected chi connectivity index (χ1v) is 4.21. The highest BCUT2D eigenvalue weighted by molar-refractivity contribution is 4.84. The van der Waals surface area contributed by atoms with Crippen LogP contribution in [-0.2, 0) is 0 Å². The van der Waals surface area contributed by atoms with Crippen LogP contribution in [0.3, 0.4) is 0 Å². The van der Waals surface area contributed by atoms with E-state index in [1.165, 1.54) is 0 Å². The molecule has 0 aromatic heterocycles. The molecule has 0 aliphatic rings. The number of rotatable bonds is 6. The maximum atomic E-state index is 8.98. The van der Waals surface area contributed by atoms with Crippen LogP contribution in [0.1, 0.15) is 26.7 Å². The van der Waals surface area contributed by atoms with Crippen molar-refractivity contribution in [3.8, 4) is 0 Å². The average Bonchev–Trinajstić information content (AvgIpc) is 2.08. The Labute approximate surface area is 68.4 Å². The molecule has 0 unspecified atom stereocenters. The fourth-order valence-corrected chi connectivity index (χ4v) is 0.901. The summed E-state index contributed by atoms with van der Waals surface area (Å²) >= 11 is 0. The largest absolute Gasteiger partial charge is 0.394 e. The first-order valence-electron chi connectivity index (χ1n) is 4.21. The number of hydrogen-bond acceptors (Lipinski definition) is 3. The Morgan fingerprint density at radius 3 is 2.00 bits per heavy atom. The Hall–Kier alpha value is -0.120. The zero-order valence-corrected chi connectivity index (χ0v) is 7.43. The molecule has 0 radical (unpaired) electrons. The normalized spacial score (nSPS) is 12.0. The van der Waals surface area contributed by atoms with Gasteiger partial charge in [-0.2, -0.15) is 0 Å². The molecule has 0 rings (SSSR count). The highest BCUT2D eigenvalue weighted by atomic mass is 16.3. The Bertz CT molecular complexity index is 83.8. The summed E-state index contributed by atoms with van der Waals surface area (Å²) in [6, 6.07) is 0. The van der Waals surface area contributed by atoms with Crippen molar-refractivity contribution in [1.82, 2.24) is 5.32 Å². The fraction of sp³-hybridized carbons (Fsp3) is 1.00. The Kier molecular flexibility index (Phi) is 5.46. The van der Waals surface area contributed by atoms with Crippen LogP contribution in [0.15, 0.2) is 0 Å². The maximum absolute atomic E-state index is 8.98. The van der Waals surface area contributed by atoms with E-state index in [2.05, 4.69) is 12.2 Å². The van der Waals surface area contributed by atoms with Gasteiger partial charge in [-0.1, -0.05) is 13.8 Å². The van der Waals surface area contributed by atoms with Gasteiger partial charge in [-0.25, -0.2) is 0 Å². The summed E-state index contributed by atoms with van der Waals surface area (Å²) in [6.07, 6.45) is 1.77. The maximum Gasteiger partial charge on any atom is 0.0645 e. The van der Waals surface area contributed by atoms with Crippen molar-refractivity contribution in [2.24, 2.45) is 0 Å². The molecule has 0 spiro atoms. The molecule has 0 heterocycles. The van der Waals surface area contributed by atoms with Gasteiger partial charge in [-0.3, -0.25) is 0 Å². The van der Waals surface area contributed by atoms with Crippen LogP contribution in [0, 0.1) is 0 Å². The van der Waals surface area contributed by atoms with Crippen LogP contribution in [-0.4, -0.2) is 35.5 Å². The highest BCUT2D eigenvalue weighted by Gasteiger charge is 2.24. The number of aliphatic hydroxyl groups excluding tert-OH is 2. The molecule has 0 bridgehead atoms. The lowest BCUT2D eigenvalue weighted by molar-refractivity contribution is 0.0881. The summed E-state index contributed by atoms with van der Waals surface area (Å²) in [5.74, 6) is 0. The van der Waals surface area contributed by atoms with Crippen LogP contribution in [0.25, 0.3) is 0 Å². The standard InChI is InChI=1S/C8H19NO2/c1-3-5-9-8(4-2,6-10)7-11/h9-11H,3-7H2,1-2H3. The molecule has 3 N–H and O–H groups in total. The Morgan fingerprint density at radius 2 is 1.73 bits per heavy atom. The van der Waals surface area contributed by atoms with Crippen molar-refractivity contribution in [3.63, 3.8) is 0 Å². The zero-order chi connectivity index (χ0) is 8.74. The van der Waals surface area contributed by atoms with E-state index in [9.17, 15) is 0 Å². The summed E-state index contributed by atoms with van der Waals surface area (Å²) in [5, 5.41) is 21.1. The minimum absolute atomic E-state index is 0. The van der Waals surface area contributed by atoms with Gasteiger partial charge in [0.05, 0.1) is 18.8 Å². The van der Waals surface area contributed by atoms with Crippen LogP contribution in [0.4, 0.5) is 0 Å². The van der Waals surface area contributed by atoms with Crippen LogP contribution < -0.4 is 5.32 Å². The molecule has 0 aromatic rings. The lowest BCUT2D eigenvalue weighted by Crippen LogP contribution is -2.51. The quantitative estimate of drug-likeness (QED) is 0.518. The molecule has 0 saturated carbocycles. The molecule has 3 nitrogen and oxygen atoms in total. The van der Waals surface area contributed by atoms with Gasteiger partial charge in [-0.15, -0.1) is 0 Å². The molecule has 0 atom stereocenters. The lowest BCUT2D eigenvalue weighted by Gasteiger charge is -2.29. The lowest BCUT2D eigenvalue weighted by atomic mass is 9.98.